The third-order valence-corrected chi connectivity index (χ3v) is 3.37. The van der Waals surface area contributed by atoms with Crippen LogP contribution in [0.15, 0.2) is 48.5 Å². The van der Waals surface area contributed by atoms with Crippen molar-refractivity contribution in [2.24, 2.45) is 0 Å². The van der Waals surface area contributed by atoms with Gasteiger partial charge in [-0.1, -0.05) is 55.5 Å². The van der Waals surface area contributed by atoms with Gasteiger partial charge in [-0.2, -0.15) is 0 Å². The van der Waals surface area contributed by atoms with Gasteiger partial charge in [0.1, 0.15) is 0 Å². The van der Waals surface area contributed by atoms with Crippen LogP contribution in [0.5, 0.6) is 0 Å². The fourth-order valence-corrected chi connectivity index (χ4v) is 2.41. The maximum atomic E-state index is 2.81. The van der Waals surface area contributed by atoms with Gasteiger partial charge in [-0.15, -0.1) is 9.24 Å². The summed E-state index contributed by atoms with van der Waals surface area (Å²) in [5.74, 6) is 0. The van der Waals surface area contributed by atoms with Gasteiger partial charge in [-0.3, -0.25) is 0 Å². The second kappa shape index (κ2) is 5.27. The van der Waals surface area contributed by atoms with Crippen molar-refractivity contribution in [3.05, 3.63) is 59.7 Å². The summed E-state index contributed by atoms with van der Waals surface area (Å²) in [5, 5.41) is 0. The monoisotopic (exact) mass is 228 g/mol. The SMILES string of the molecule is CCc1ccccc1-c1ccccc1CP. The second-order valence-corrected chi connectivity index (χ2v) is 4.28. The molecule has 0 aliphatic heterocycles. The predicted molar refractivity (Wildman–Crippen MR) is 74.7 cm³/mol. The molecular weight excluding hydrogens is 211 g/mol. The predicted octanol–water partition coefficient (Wildman–Crippen LogP) is 4.29. The quantitative estimate of drug-likeness (QED) is 0.687. The standard InChI is InChI=1S/C15H17P/c1-2-12-7-3-5-9-14(12)15-10-6-4-8-13(15)11-16/h3-10H,2,11,16H2,1H3. The van der Waals surface area contributed by atoms with Gasteiger partial charge in [0, 0.05) is 0 Å². The van der Waals surface area contributed by atoms with Crippen LogP contribution >= 0.6 is 9.24 Å². The Bertz CT molecular complexity index is 429. The highest BCUT2D eigenvalue weighted by atomic mass is 31.0. The van der Waals surface area contributed by atoms with Crippen LogP contribution in [0.2, 0.25) is 0 Å². The average Bonchev–Trinajstić information content (AvgIpc) is 2.38. The van der Waals surface area contributed by atoms with E-state index in [1.54, 1.807) is 0 Å². The first-order valence-electron chi connectivity index (χ1n) is 5.73. The lowest BCUT2D eigenvalue weighted by Crippen LogP contribution is -1.90. The van der Waals surface area contributed by atoms with Crippen molar-refractivity contribution < 1.29 is 0 Å². The van der Waals surface area contributed by atoms with Gasteiger partial charge in [0.15, 0.2) is 0 Å². The molecule has 2 aromatic rings. The minimum Gasteiger partial charge on any atom is -0.133 e. The summed E-state index contributed by atoms with van der Waals surface area (Å²) in [5.41, 5.74) is 5.57. The number of aryl methyl sites for hydroxylation is 1. The Morgan fingerprint density at radius 2 is 1.31 bits per heavy atom. The summed E-state index contributed by atoms with van der Waals surface area (Å²) in [7, 11) is 2.81. The van der Waals surface area contributed by atoms with Crippen LogP contribution in [0, 0.1) is 0 Å². The van der Waals surface area contributed by atoms with Gasteiger partial charge < -0.3 is 0 Å². The first kappa shape index (κ1) is 11.4. The molecule has 0 saturated carbocycles. The van der Waals surface area contributed by atoms with Crippen LogP contribution in [0.1, 0.15) is 18.1 Å². The maximum absolute atomic E-state index is 2.81. The van der Waals surface area contributed by atoms with Crippen LogP contribution in [0.4, 0.5) is 0 Å². The lowest BCUT2D eigenvalue weighted by atomic mass is 9.95. The van der Waals surface area contributed by atoms with Crippen LogP contribution in [-0.2, 0) is 12.6 Å². The molecular formula is C15H17P. The Hall–Kier alpha value is -1.13. The van der Waals surface area contributed by atoms with Gasteiger partial charge in [0.2, 0.25) is 0 Å². The van der Waals surface area contributed by atoms with E-state index in [0.29, 0.717) is 0 Å². The Kier molecular flexibility index (Phi) is 3.74. The molecule has 16 heavy (non-hydrogen) atoms. The number of hydrogen-bond donors (Lipinski definition) is 0. The van der Waals surface area contributed by atoms with Gasteiger partial charge in [-0.25, -0.2) is 0 Å². The summed E-state index contributed by atoms with van der Waals surface area (Å²) < 4.78 is 0. The lowest BCUT2D eigenvalue weighted by molar-refractivity contribution is 1.14. The van der Waals surface area contributed by atoms with Gasteiger partial charge in [0.25, 0.3) is 0 Å². The second-order valence-electron chi connectivity index (χ2n) is 3.87. The first-order chi connectivity index (χ1) is 7.86. The third-order valence-electron chi connectivity index (χ3n) is 2.93. The van der Waals surface area contributed by atoms with Crippen LogP contribution in [-0.4, -0.2) is 0 Å². The Balaban J connectivity index is 2.58. The molecule has 0 radical (unpaired) electrons. The van der Waals surface area contributed by atoms with Crippen LogP contribution in [0.3, 0.4) is 0 Å². The van der Waals surface area contributed by atoms with Gasteiger partial charge in [0.05, 0.1) is 0 Å². The zero-order valence-corrected chi connectivity index (χ0v) is 10.8. The molecule has 0 aliphatic rings. The molecule has 0 bridgehead atoms. The van der Waals surface area contributed by atoms with E-state index in [9.17, 15) is 0 Å². The molecule has 82 valence electrons. The molecule has 1 heteroatoms. The van der Waals surface area contributed by atoms with Crippen molar-refractivity contribution in [1.82, 2.24) is 0 Å². The summed E-state index contributed by atoms with van der Waals surface area (Å²) in [6.07, 6.45) is 2.09. The zero-order chi connectivity index (χ0) is 11.4. The molecule has 1 atom stereocenters. The molecule has 1 unspecified atom stereocenters. The fraction of sp³-hybridized carbons (Fsp3) is 0.200. The smallest absolute Gasteiger partial charge is 0.0122 e. The average molecular weight is 228 g/mol. The highest BCUT2D eigenvalue weighted by Crippen LogP contribution is 2.28. The summed E-state index contributed by atoms with van der Waals surface area (Å²) in [6, 6.07) is 17.3. The van der Waals surface area contributed by atoms with Crippen molar-refractivity contribution in [2.75, 3.05) is 0 Å². The molecule has 0 N–H and O–H groups in total. The zero-order valence-electron chi connectivity index (χ0n) is 9.61. The molecule has 2 rings (SSSR count). The topological polar surface area (TPSA) is 0 Å². The molecule has 0 saturated heterocycles. The van der Waals surface area contributed by atoms with E-state index in [0.717, 1.165) is 12.6 Å². The van der Waals surface area contributed by atoms with Crippen molar-refractivity contribution in [3.8, 4) is 11.1 Å². The van der Waals surface area contributed by atoms with Crippen molar-refractivity contribution in [2.45, 2.75) is 19.5 Å². The molecule has 0 nitrogen and oxygen atoms in total. The number of rotatable bonds is 3. The van der Waals surface area contributed by atoms with Crippen molar-refractivity contribution >= 4 is 9.24 Å². The van der Waals surface area contributed by atoms with E-state index < -0.39 is 0 Å². The molecule has 0 aliphatic carbocycles. The first-order valence-corrected chi connectivity index (χ1v) is 6.54. The highest BCUT2D eigenvalue weighted by Gasteiger charge is 2.06. The molecule has 0 heterocycles. The molecule has 0 fully saturated rings. The minimum absolute atomic E-state index is 1.01. The highest BCUT2D eigenvalue weighted by molar-refractivity contribution is 7.15. The van der Waals surface area contributed by atoms with Crippen LogP contribution in [0.25, 0.3) is 11.1 Å². The number of hydrogen-bond acceptors (Lipinski definition) is 0. The van der Waals surface area contributed by atoms with Crippen molar-refractivity contribution in [1.29, 1.82) is 0 Å². The lowest BCUT2D eigenvalue weighted by Gasteiger charge is -2.11. The molecule has 0 aromatic heterocycles. The van der Waals surface area contributed by atoms with Gasteiger partial charge >= 0.3 is 0 Å². The Labute approximate surface area is 99.9 Å². The summed E-state index contributed by atoms with van der Waals surface area (Å²) >= 11 is 0. The van der Waals surface area contributed by atoms with E-state index in [1.807, 2.05) is 0 Å². The largest absolute Gasteiger partial charge is 0.133 e. The Morgan fingerprint density at radius 1 is 0.812 bits per heavy atom. The van der Waals surface area contributed by atoms with E-state index >= 15 is 0 Å². The maximum Gasteiger partial charge on any atom is -0.0122 e. The van der Waals surface area contributed by atoms with E-state index in [1.165, 1.54) is 22.3 Å². The molecule has 0 spiro atoms. The Morgan fingerprint density at radius 3 is 1.88 bits per heavy atom. The van der Waals surface area contributed by atoms with E-state index in [4.69, 9.17) is 0 Å². The normalized spacial score (nSPS) is 10.4. The fourth-order valence-electron chi connectivity index (χ4n) is 2.05. The summed E-state index contributed by atoms with van der Waals surface area (Å²) in [4.78, 5) is 0. The van der Waals surface area contributed by atoms with Crippen LogP contribution < -0.4 is 0 Å². The van der Waals surface area contributed by atoms with Crippen molar-refractivity contribution in [3.63, 3.8) is 0 Å². The summed E-state index contributed by atoms with van der Waals surface area (Å²) in [6.45, 7) is 2.21. The minimum atomic E-state index is 1.01. The van der Waals surface area contributed by atoms with E-state index in [-0.39, 0.29) is 0 Å². The third kappa shape index (κ3) is 2.18. The number of benzene rings is 2. The van der Waals surface area contributed by atoms with Gasteiger partial charge in [-0.05, 0) is 34.8 Å². The molecule has 2 aromatic carbocycles. The molecule has 0 amide bonds. The van der Waals surface area contributed by atoms with E-state index in [2.05, 4.69) is 64.7 Å².